The minimum Gasteiger partial charge on any atom is -0.380 e. The smallest absolute Gasteiger partial charge is 0.380 e. The normalized spacial score (nSPS) is 22.7. The molecular formula is C17H16ClF7O. The summed E-state index contributed by atoms with van der Waals surface area (Å²) in [6.45, 7) is 2.51. The number of alkyl halides is 3. The van der Waals surface area contributed by atoms with Crippen LogP contribution in [-0.4, -0.2) is 13.3 Å². The summed E-state index contributed by atoms with van der Waals surface area (Å²) < 4.78 is 98.5. The summed E-state index contributed by atoms with van der Waals surface area (Å²) in [7, 11) is 1.11. The van der Waals surface area contributed by atoms with Crippen LogP contribution in [0.5, 0.6) is 0 Å². The van der Waals surface area contributed by atoms with E-state index in [1.54, 1.807) is 13.8 Å². The molecule has 0 spiro atoms. The number of rotatable bonds is 5. The molecule has 146 valence electrons. The van der Waals surface area contributed by atoms with Crippen molar-refractivity contribution in [3.8, 4) is 0 Å². The van der Waals surface area contributed by atoms with Gasteiger partial charge in [0.25, 0.3) is 0 Å². The second-order valence-corrected chi connectivity index (χ2v) is 7.22. The molecule has 2 rings (SSSR count). The van der Waals surface area contributed by atoms with Crippen molar-refractivity contribution in [3.05, 3.63) is 45.5 Å². The van der Waals surface area contributed by atoms with Gasteiger partial charge >= 0.3 is 6.18 Å². The van der Waals surface area contributed by atoms with E-state index in [4.69, 9.17) is 11.6 Å². The number of halogens is 8. The average Bonchev–Trinajstić information content (AvgIpc) is 3.04. The lowest BCUT2D eigenvalue weighted by molar-refractivity contribution is -0.0848. The van der Waals surface area contributed by atoms with Crippen molar-refractivity contribution >= 4 is 11.6 Å². The topological polar surface area (TPSA) is 9.23 Å². The Morgan fingerprint density at radius 2 is 1.50 bits per heavy atom. The summed E-state index contributed by atoms with van der Waals surface area (Å²) in [5.41, 5.74) is -2.47. The molecule has 1 aliphatic carbocycles. The Hall–Kier alpha value is -1.28. The number of allylic oxidation sites excluding steroid dienone is 2. The SMILES string of the molecule is COCc1c(F)c(F)c(CC2C(C=C(Cl)C(F)(F)F)C2(C)C)c(F)c1F. The first-order chi connectivity index (χ1) is 11.8. The summed E-state index contributed by atoms with van der Waals surface area (Å²) in [5, 5.41) is -1.34. The maximum absolute atomic E-state index is 14.2. The third kappa shape index (κ3) is 3.71. The van der Waals surface area contributed by atoms with E-state index in [1.807, 2.05) is 0 Å². The van der Waals surface area contributed by atoms with Gasteiger partial charge in [-0.3, -0.25) is 0 Å². The summed E-state index contributed by atoms with van der Waals surface area (Å²) in [6, 6.07) is 0. The molecule has 1 aromatic rings. The van der Waals surface area contributed by atoms with Crippen LogP contribution >= 0.6 is 11.6 Å². The van der Waals surface area contributed by atoms with Crippen LogP contribution in [0.25, 0.3) is 0 Å². The molecule has 1 nitrogen and oxygen atoms in total. The molecule has 0 bridgehead atoms. The Morgan fingerprint density at radius 1 is 1.04 bits per heavy atom. The van der Waals surface area contributed by atoms with E-state index in [9.17, 15) is 30.7 Å². The Balaban J connectivity index is 2.35. The van der Waals surface area contributed by atoms with Gasteiger partial charge in [0.1, 0.15) is 5.03 Å². The number of benzene rings is 1. The lowest BCUT2D eigenvalue weighted by atomic mass is 9.99. The van der Waals surface area contributed by atoms with Crippen molar-refractivity contribution < 1.29 is 35.5 Å². The quantitative estimate of drug-likeness (QED) is 0.439. The van der Waals surface area contributed by atoms with Crippen LogP contribution in [-0.2, 0) is 17.8 Å². The predicted octanol–water partition coefficient (Wildman–Crippen LogP) is 5.89. The molecule has 1 saturated carbocycles. The van der Waals surface area contributed by atoms with E-state index in [2.05, 4.69) is 4.74 Å². The van der Waals surface area contributed by atoms with E-state index >= 15 is 0 Å². The molecule has 2 atom stereocenters. The fourth-order valence-electron chi connectivity index (χ4n) is 3.15. The molecule has 0 aliphatic heterocycles. The van der Waals surface area contributed by atoms with Gasteiger partial charge in [0, 0.05) is 12.7 Å². The monoisotopic (exact) mass is 404 g/mol. The Morgan fingerprint density at radius 3 is 1.92 bits per heavy atom. The molecule has 0 aromatic heterocycles. The maximum atomic E-state index is 14.2. The van der Waals surface area contributed by atoms with Gasteiger partial charge in [-0.2, -0.15) is 13.2 Å². The third-order valence-electron chi connectivity index (χ3n) is 4.89. The van der Waals surface area contributed by atoms with Crippen molar-refractivity contribution in [2.45, 2.75) is 33.1 Å². The Bertz CT molecular complexity index is 711. The highest BCUT2D eigenvalue weighted by atomic mass is 35.5. The molecule has 2 unspecified atom stereocenters. The minimum absolute atomic E-state index is 0.463. The highest BCUT2D eigenvalue weighted by molar-refractivity contribution is 6.30. The number of hydrogen-bond donors (Lipinski definition) is 0. The molecule has 9 heteroatoms. The Labute approximate surface area is 150 Å². The first-order valence-electron chi connectivity index (χ1n) is 7.61. The van der Waals surface area contributed by atoms with Crippen LogP contribution in [0, 0.1) is 40.5 Å². The van der Waals surface area contributed by atoms with Crippen LogP contribution in [0.15, 0.2) is 11.1 Å². The number of methoxy groups -OCH3 is 1. The van der Waals surface area contributed by atoms with Gasteiger partial charge in [0.15, 0.2) is 23.3 Å². The van der Waals surface area contributed by atoms with Gasteiger partial charge in [-0.1, -0.05) is 31.5 Å². The highest BCUT2D eigenvalue weighted by Gasteiger charge is 2.57. The van der Waals surface area contributed by atoms with Crippen LogP contribution in [0.4, 0.5) is 30.7 Å². The van der Waals surface area contributed by atoms with E-state index in [0.29, 0.717) is 0 Å². The van der Waals surface area contributed by atoms with Crippen molar-refractivity contribution in [1.29, 1.82) is 0 Å². The van der Waals surface area contributed by atoms with E-state index in [0.717, 1.165) is 13.2 Å². The van der Waals surface area contributed by atoms with Gasteiger partial charge in [0.05, 0.1) is 12.2 Å². The van der Waals surface area contributed by atoms with Gasteiger partial charge in [-0.25, -0.2) is 17.6 Å². The van der Waals surface area contributed by atoms with Gasteiger partial charge in [0.2, 0.25) is 0 Å². The molecule has 1 fully saturated rings. The summed E-state index contributed by atoms with van der Waals surface area (Å²) in [6.07, 6.45) is -4.43. The standard InChI is InChI=1S/C17H16ClF7O/c1-16(2)9(10(16)5-11(18)17(23,24)25)4-7-12(19)14(21)8(6-26-3)15(22)13(7)20/h5,9-10H,4,6H2,1-3H3. The highest BCUT2D eigenvalue weighted by Crippen LogP contribution is 2.61. The molecular weight excluding hydrogens is 389 g/mol. The van der Waals surface area contributed by atoms with Crippen LogP contribution < -0.4 is 0 Å². The third-order valence-corrected chi connectivity index (χ3v) is 5.23. The van der Waals surface area contributed by atoms with E-state index in [1.165, 1.54) is 0 Å². The zero-order chi connectivity index (χ0) is 20.0. The fraction of sp³-hybridized carbons (Fsp3) is 0.529. The lowest BCUT2D eigenvalue weighted by Crippen LogP contribution is -2.11. The van der Waals surface area contributed by atoms with Gasteiger partial charge < -0.3 is 4.74 Å². The second-order valence-electron chi connectivity index (χ2n) is 6.82. The first-order valence-corrected chi connectivity index (χ1v) is 7.98. The van der Waals surface area contributed by atoms with Crippen molar-refractivity contribution in [2.24, 2.45) is 17.3 Å². The zero-order valence-corrected chi connectivity index (χ0v) is 14.8. The first kappa shape index (κ1) is 21.0. The maximum Gasteiger partial charge on any atom is 0.426 e. The van der Waals surface area contributed by atoms with Gasteiger partial charge in [-0.15, -0.1) is 0 Å². The molecule has 0 radical (unpaired) electrons. The molecule has 1 aliphatic rings. The summed E-state index contributed by atoms with van der Waals surface area (Å²) >= 11 is 5.21. The Kier molecular flexibility index (Phi) is 5.69. The van der Waals surface area contributed by atoms with E-state index in [-0.39, 0.29) is 0 Å². The molecule has 1 aromatic carbocycles. The lowest BCUT2D eigenvalue weighted by Gasteiger charge is -2.12. The molecule has 0 amide bonds. The molecule has 0 saturated heterocycles. The summed E-state index contributed by atoms with van der Waals surface area (Å²) in [5.74, 6) is -7.67. The largest absolute Gasteiger partial charge is 0.426 e. The molecule has 0 heterocycles. The predicted molar refractivity (Wildman–Crippen MR) is 81.4 cm³/mol. The molecule has 26 heavy (non-hydrogen) atoms. The second kappa shape index (κ2) is 7.03. The van der Waals surface area contributed by atoms with Crippen molar-refractivity contribution in [2.75, 3.05) is 7.11 Å². The number of hydrogen-bond acceptors (Lipinski definition) is 1. The van der Waals surface area contributed by atoms with Crippen molar-refractivity contribution in [1.82, 2.24) is 0 Å². The minimum atomic E-state index is -4.73. The van der Waals surface area contributed by atoms with E-state index < -0.39 is 75.9 Å². The van der Waals surface area contributed by atoms with Crippen molar-refractivity contribution in [3.63, 3.8) is 0 Å². The fourth-order valence-corrected chi connectivity index (χ4v) is 3.29. The van der Waals surface area contributed by atoms with Crippen LogP contribution in [0.3, 0.4) is 0 Å². The van der Waals surface area contributed by atoms with Crippen LogP contribution in [0.2, 0.25) is 0 Å². The van der Waals surface area contributed by atoms with Gasteiger partial charge in [-0.05, 0) is 23.7 Å². The van der Waals surface area contributed by atoms with Crippen LogP contribution in [0.1, 0.15) is 25.0 Å². The summed E-state index contributed by atoms with van der Waals surface area (Å²) in [4.78, 5) is 0. The average molecular weight is 405 g/mol. The molecule has 0 N–H and O–H groups in total. The number of ether oxygens (including phenoxy) is 1. The zero-order valence-electron chi connectivity index (χ0n) is 14.1.